The van der Waals surface area contributed by atoms with E-state index in [2.05, 4.69) is 10.2 Å². The number of nitrogens with zero attached hydrogens (tertiary/aromatic N) is 3. The molecule has 3 heterocycles. The van der Waals surface area contributed by atoms with Crippen molar-refractivity contribution in [2.24, 2.45) is 5.92 Å². The largest absolute Gasteiger partial charge is 0.337 e. The highest BCUT2D eigenvalue weighted by atomic mass is 16.2. The van der Waals surface area contributed by atoms with Crippen LogP contribution in [0.3, 0.4) is 0 Å². The summed E-state index contributed by atoms with van der Waals surface area (Å²) in [6.07, 6.45) is 3.62. The summed E-state index contributed by atoms with van der Waals surface area (Å²) in [4.78, 5) is 28.1. The molecular formula is C19H26N4O2. The molecule has 2 atom stereocenters. The highest BCUT2D eigenvalue weighted by Crippen LogP contribution is 2.32. The maximum atomic E-state index is 12.8. The van der Waals surface area contributed by atoms with Gasteiger partial charge in [0.05, 0.1) is 11.0 Å². The molecule has 6 nitrogen and oxygen atoms in total. The van der Waals surface area contributed by atoms with Gasteiger partial charge in [-0.2, -0.15) is 0 Å². The first-order valence-electron chi connectivity index (χ1n) is 9.32. The summed E-state index contributed by atoms with van der Waals surface area (Å²) in [5, 5.41) is 3.02. The molecule has 2 aromatic rings. The van der Waals surface area contributed by atoms with Crippen LogP contribution in [0.15, 0.2) is 29.1 Å². The molecule has 1 N–H and O–H groups in total. The number of imidazole rings is 1. The SMILES string of the molecule is CC(C)n1c(=O)n(C(=O)NC[C@@H]2CCN3CCC[C@@H]23)c2ccccc21. The van der Waals surface area contributed by atoms with Gasteiger partial charge in [-0.1, -0.05) is 12.1 Å². The van der Waals surface area contributed by atoms with Crippen LogP contribution in [0.2, 0.25) is 0 Å². The summed E-state index contributed by atoms with van der Waals surface area (Å²) < 4.78 is 2.97. The number of hydrogen-bond acceptors (Lipinski definition) is 3. The predicted molar refractivity (Wildman–Crippen MR) is 98.1 cm³/mol. The minimum atomic E-state index is -0.308. The summed E-state index contributed by atoms with van der Waals surface area (Å²) in [6, 6.07) is 7.80. The molecule has 0 unspecified atom stereocenters. The number of para-hydroxylation sites is 2. The average Bonchev–Trinajstić information content (AvgIpc) is 3.25. The molecule has 0 aliphatic carbocycles. The Morgan fingerprint density at radius 3 is 2.72 bits per heavy atom. The Morgan fingerprint density at radius 1 is 1.20 bits per heavy atom. The molecule has 2 fully saturated rings. The van der Waals surface area contributed by atoms with Crippen LogP contribution in [0, 0.1) is 5.92 Å². The Labute approximate surface area is 147 Å². The topological polar surface area (TPSA) is 59.3 Å². The van der Waals surface area contributed by atoms with Crippen molar-refractivity contribution in [1.29, 1.82) is 0 Å². The Bertz CT molecular complexity index is 851. The summed E-state index contributed by atoms with van der Waals surface area (Å²) in [5.41, 5.74) is 1.22. The summed E-state index contributed by atoms with van der Waals surface area (Å²) in [6.45, 7) is 6.90. The molecule has 0 bridgehead atoms. The molecule has 25 heavy (non-hydrogen) atoms. The molecule has 2 aliphatic heterocycles. The number of amides is 1. The summed E-state index contributed by atoms with van der Waals surface area (Å²) in [5.74, 6) is 0.501. The molecule has 6 heteroatoms. The van der Waals surface area contributed by atoms with Crippen molar-refractivity contribution in [3.63, 3.8) is 0 Å². The van der Waals surface area contributed by atoms with Gasteiger partial charge in [0.1, 0.15) is 0 Å². The predicted octanol–water partition coefficient (Wildman–Crippen LogP) is 2.43. The Balaban J connectivity index is 1.58. The van der Waals surface area contributed by atoms with Gasteiger partial charge in [0.2, 0.25) is 0 Å². The van der Waals surface area contributed by atoms with Crippen LogP contribution < -0.4 is 11.0 Å². The highest BCUT2D eigenvalue weighted by molar-refractivity contribution is 5.89. The summed E-state index contributed by atoms with van der Waals surface area (Å²) >= 11 is 0. The van der Waals surface area contributed by atoms with E-state index in [-0.39, 0.29) is 17.8 Å². The Morgan fingerprint density at radius 2 is 1.96 bits per heavy atom. The van der Waals surface area contributed by atoms with E-state index in [9.17, 15) is 9.59 Å². The highest BCUT2D eigenvalue weighted by Gasteiger charge is 2.37. The fourth-order valence-corrected chi connectivity index (χ4v) is 4.59. The lowest BCUT2D eigenvalue weighted by atomic mass is 9.98. The third-order valence-corrected chi connectivity index (χ3v) is 5.76. The molecule has 4 rings (SSSR count). The van der Waals surface area contributed by atoms with Crippen LogP contribution in [0.5, 0.6) is 0 Å². The van der Waals surface area contributed by atoms with Crippen LogP contribution in [0.25, 0.3) is 11.0 Å². The Kier molecular flexibility index (Phi) is 4.15. The van der Waals surface area contributed by atoms with E-state index in [0.717, 1.165) is 18.5 Å². The van der Waals surface area contributed by atoms with Crippen molar-refractivity contribution >= 4 is 17.1 Å². The molecule has 1 aromatic carbocycles. The van der Waals surface area contributed by atoms with Gasteiger partial charge >= 0.3 is 11.7 Å². The zero-order chi connectivity index (χ0) is 17.6. The van der Waals surface area contributed by atoms with E-state index < -0.39 is 0 Å². The third kappa shape index (κ3) is 2.68. The molecule has 0 saturated carbocycles. The van der Waals surface area contributed by atoms with Gasteiger partial charge in [-0.05, 0) is 64.3 Å². The van der Waals surface area contributed by atoms with Crippen LogP contribution in [0.1, 0.15) is 39.2 Å². The fraction of sp³-hybridized carbons (Fsp3) is 0.579. The number of carbonyl (C=O) groups excluding carboxylic acids is 1. The second kappa shape index (κ2) is 6.33. The number of aromatic nitrogens is 2. The minimum Gasteiger partial charge on any atom is -0.337 e. The Hall–Kier alpha value is -2.08. The van der Waals surface area contributed by atoms with Gasteiger partial charge < -0.3 is 10.2 Å². The van der Waals surface area contributed by atoms with Gasteiger partial charge in [0, 0.05) is 18.6 Å². The average molecular weight is 342 g/mol. The van der Waals surface area contributed by atoms with Crippen molar-refractivity contribution in [1.82, 2.24) is 19.4 Å². The summed E-state index contributed by atoms with van der Waals surface area (Å²) in [7, 11) is 0. The molecule has 134 valence electrons. The van der Waals surface area contributed by atoms with Crippen LogP contribution in [-0.2, 0) is 0 Å². The first kappa shape index (κ1) is 16.4. The number of nitrogens with one attached hydrogen (secondary N) is 1. The maximum absolute atomic E-state index is 12.8. The number of fused-ring (bicyclic) bond motifs is 2. The van der Waals surface area contributed by atoms with Gasteiger partial charge in [-0.3, -0.25) is 4.57 Å². The maximum Gasteiger partial charge on any atom is 0.337 e. The van der Waals surface area contributed by atoms with Crippen molar-refractivity contribution in [2.45, 2.75) is 45.2 Å². The van der Waals surface area contributed by atoms with Crippen molar-refractivity contribution in [3.05, 3.63) is 34.7 Å². The molecular weight excluding hydrogens is 316 g/mol. The molecule has 2 saturated heterocycles. The number of carbonyl (C=O) groups is 1. The monoisotopic (exact) mass is 342 g/mol. The van der Waals surface area contributed by atoms with Gasteiger partial charge in [0.25, 0.3) is 0 Å². The molecule has 2 aliphatic rings. The van der Waals surface area contributed by atoms with E-state index >= 15 is 0 Å². The standard InChI is InChI=1S/C19H26N4O2/c1-13(2)22-16-6-3-4-7-17(16)23(19(22)25)18(24)20-12-14-9-11-21-10-5-8-15(14)21/h3-4,6-7,13-15H,5,8-12H2,1-2H3,(H,20,24)/t14-,15-/m0/s1. The lowest BCUT2D eigenvalue weighted by Crippen LogP contribution is -2.41. The van der Waals surface area contributed by atoms with Gasteiger partial charge in [0.15, 0.2) is 0 Å². The minimum absolute atomic E-state index is 0.00771. The zero-order valence-corrected chi connectivity index (χ0v) is 14.9. The normalized spacial score (nSPS) is 23.5. The van der Waals surface area contributed by atoms with E-state index in [4.69, 9.17) is 0 Å². The van der Waals surface area contributed by atoms with Crippen LogP contribution >= 0.6 is 0 Å². The first-order chi connectivity index (χ1) is 12.1. The molecule has 1 amide bonds. The van der Waals surface area contributed by atoms with Gasteiger partial charge in [-0.15, -0.1) is 0 Å². The lowest BCUT2D eigenvalue weighted by molar-refractivity contribution is 0.236. The zero-order valence-electron chi connectivity index (χ0n) is 14.9. The number of rotatable bonds is 3. The van der Waals surface area contributed by atoms with Crippen LogP contribution in [-0.4, -0.2) is 45.7 Å². The van der Waals surface area contributed by atoms with Crippen molar-refractivity contribution < 1.29 is 4.79 Å². The first-order valence-corrected chi connectivity index (χ1v) is 9.32. The molecule has 1 aromatic heterocycles. The fourth-order valence-electron chi connectivity index (χ4n) is 4.59. The molecule has 0 radical (unpaired) electrons. The second-order valence-electron chi connectivity index (χ2n) is 7.55. The quantitative estimate of drug-likeness (QED) is 0.932. The van der Waals surface area contributed by atoms with E-state index in [1.165, 1.54) is 24.0 Å². The molecule has 0 spiro atoms. The third-order valence-electron chi connectivity index (χ3n) is 5.76. The van der Waals surface area contributed by atoms with Crippen molar-refractivity contribution in [3.8, 4) is 0 Å². The van der Waals surface area contributed by atoms with Crippen molar-refractivity contribution in [2.75, 3.05) is 19.6 Å². The van der Waals surface area contributed by atoms with Gasteiger partial charge in [-0.25, -0.2) is 14.2 Å². The van der Waals surface area contributed by atoms with E-state index in [1.807, 2.05) is 38.1 Å². The number of benzene rings is 1. The lowest BCUT2D eigenvalue weighted by Gasteiger charge is -2.20. The van der Waals surface area contributed by atoms with Crippen LogP contribution in [0.4, 0.5) is 4.79 Å². The smallest absolute Gasteiger partial charge is 0.337 e. The van der Waals surface area contributed by atoms with E-state index in [0.29, 0.717) is 24.0 Å². The van der Waals surface area contributed by atoms with E-state index in [1.54, 1.807) is 4.57 Å². The second-order valence-corrected chi connectivity index (χ2v) is 7.55. The number of hydrogen-bond donors (Lipinski definition) is 1.